The number of ether oxygens (including phenoxy) is 1. The van der Waals surface area contributed by atoms with Crippen molar-refractivity contribution in [1.82, 2.24) is 19.8 Å². The number of rotatable bonds is 11. The molecule has 0 bridgehead atoms. The highest BCUT2D eigenvalue weighted by Gasteiger charge is 2.18. The van der Waals surface area contributed by atoms with Crippen molar-refractivity contribution in [2.24, 2.45) is 4.99 Å². The Morgan fingerprint density at radius 3 is 2.58 bits per heavy atom. The van der Waals surface area contributed by atoms with Crippen LogP contribution in [0.1, 0.15) is 17.8 Å². The molecule has 3 aromatic carbocycles. The zero-order chi connectivity index (χ0) is 30.8. The van der Waals surface area contributed by atoms with Gasteiger partial charge in [0.1, 0.15) is 11.6 Å². The molecule has 1 aromatic heterocycles. The maximum absolute atomic E-state index is 13.7. The van der Waals surface area contributed by atoms with Gasteiger partial charge in [-0.15, -0.1) is 0 Å². The Morgan fingerprint density at radius 1 is 1.12 bits per heavy atom. The lowest BCUT2D eigenvalue weighted by molar-refractivity contribution is -0.130. The number of carbonyl (C=O) groups excluding carboxylic acids is 1. The molecule has 0 spiro atoms. The second-order valence-corrected chi connectivity index (χ2v) is 11.0. The molecule has 0 fully saturated rings. The number of methoxy groups -OCH3 is 1. The van der Waals surface area contributed by atoms with Gasteiger partial charge in [0, 0.05) is 26.1 Å². The zero-order valence-corrected chi connectivity index (χ0v) is 26.0. The largest absolute Gasteiger partial charge is 0.497 e. The lowest BCUT2D eigenvalue weighted by Gasteiger charge is -2.24. The highest BCUT2D eigenvalue weighted by molar-refractivity contribution is 8.13. The van der Waals surface area contributed by atoms with Gasteiger partial charge in [-0.05, 0) is 66.8 Å². The van der Waals surface area contributed by atoms with E-state index < -0.39 is 0 Å². The molecule has 1 N–H and O–H groups in total. The number of thioether (sulfide) groups is 1. The van der Waals surface area contributed by atoms with Crippen molar-refractivity contribution in [3.63, 3.8) is 0 Å². The molecule has 0 atom stereocenters. The van der Waals surface area contributed by atoms with E-state index in [-0.39, 0.29) is 17.9 Å². The summed E-state index contributed by atoms with van der Waals surface area (Å²) in [5.74, 6) is 1.09. The summed E-state index contributed by atoms with van der Waals surface area (Å²) in [4.78, 5) is 38.2. The Labute approximate surface area is 264 Å². The number of halogens is 2. The summed E-state index contributed by atoms with van der Waals surface area (Å²) in [6.45, 7) is 1.15. The maximum Gasteiger partial charge on any atom is 0.265 e. The van der Waals surface area contributed by atoms with Gasteiger partial charge in [-0.1, -0.05) is 53.2 Å². The number of nitrogens with zero attached hydrogens (tertiary/aromatic N) is 5. The number of carbonyl (C=O) groups is 1. The van der Waals surface area contributed by atoms with Gasteiger partial charge in [-0.2, -0.15) is 5.26 Å². The Morgan fingerprint density at radius 2 is 1.88 bits per heavy atom. The van der Waals surface area contributed by atoms with Crippen LogP contribution in [0.3, 0.4) is 0 Å². The van der Waals surface area contributed by atoms with Gasteiger partial charge in [-0.25, -0.2) is 4.98 Å². The molecule has 0 saturated carbocycles. The van der Waals surface area contributed by atoms with Crippen molar-refractivity contribution in [3.8, 4) is 17.6 Å². The number of nitrogens with one attached hydrogen (secondary N) is 1. The molecule has 0 radical (unpaired) electrons. The first-order valence-electron chi connectivity index (χ1n) is 13.4. The zero-order valence-electron chi connectivity index (χ0n) is 23.7. The van der Waals surface area contributed by atoms with E-state index in [1.165, 1.54) is 11.8 Å². The molecular formula is C31H30Cl2N6O3S. The fourth-order valence-electron chi connectivity index (χ4n) is 4.52. The SMILES string of the molecule is COc1ccc(-n2c(CCN(CCCN=C(NC#N)SC)C(=O)Cc3ccc(Cl)c(Cl)c3)nc3ccccc3c2=O)cc1. The molecule has 0 saturated heterocycles. The molecule has 4 rings (SSSR count). The van der Waals surface area contributed by atoms with Gasteiger partial charge in [0.15, 0.2) is 11.4 Å². The molecular weight excluding hydrogens is 607 g/mol. The van der Waals surface area contributed by atoms with Crippen LogP contribution in [0.15, 0.2) is 76.5 Å². The number of para-hydroxylation sites is 1. The van der Waals surface area contributed by atoms with Gasteiger partial charge in [0.05, 0.1) is 40.2 Å². The number of fused-ring (bicyclic) bond motifs is 1. The minimum absolute atomic E-state index is 0.109. The summed E-state index contributed by atoms with van der Waals surface area (Å²) in [7, 11) is 1.58. The van der Waals surface area contributed by atoms with Gasteiger partial charge < -0.3 is 9.64 Å². The topological polar surface area (TPSA) is 113 Å². The van der Waals surface area contributed by atoms with Crippen molar-refractivity contribution >= 4 is 56.9 Å². The number of amidine groups is 1. The Hall–Kier alpha value is -4.04. The lowest BCUT2D eigenvalue weighted by atomic mass is 10.1. The van der Waals surface area contributed by atoms with E-state index in [2.05, 4.69) is 10.3 Å². The molecule has 12 heteroatoms. The number of hydrogen-bond acceptors (Lipinski definition) is 7. The minimum atomic E-state index is -0.191. The molecule has 0 unspecified atom stereocenters. The number of benzene rings is 3. The fourth-order valence-corrected chi connectivity index (χ4v) is 5.21. The van der Waals surface area contributed by atoms with Crippen LogP contribution < -0.4 is 15.6 Å². The fraction of sp³-hybridized carbons (Fsp3) is 0.258. The number of nitriles is 1. The molecule has 0 aliphatic rings. The molecule has 1 amide bonds. The van der Waals surface area contributed by atoms with E-state index in [0.717, 1.165) is 5.56 Å². The summed E-state index contributed by atoms with van der Waals surface area (Å²) in [6.07, 6.45) is 4.73. The minimum Gasteiger partial charge on any atom is -0.497 e. The summed E-state index contributed by atoms with van der Waals surface area (Å²) >= 11 is 13.6. The van der Waals surface area contributed by atoms with Gasteiger partial charge >= 0.3 is 0 Å². The monoisotopic (exact) mass is 636 g/mol. The van der Waals surface area contributed by atoms with Gasteiger partial charge in [-0.3, -0.25) is 24.5 Å². The van der Waals surface area contributed by atoms with E-state index in [1.54, 1.807) is 53.0 Å². The molecule has 4 aromatic rings. The highest BCUT2D eigenvalue weighted by Crippen LogP contribution is 2.23. The molecule has 222 valence electrons. The first-order valence-corrected chi connectivity index (χ1v) is 15.4. The van der Waals surface area contributed by atoms with Gasteiger partial charge in [0.2, 0.25) is 5.91 Å². The van der Waals surface area contributed by atoms with Crippen LogP contribution >= 0.6 is 35.0 Å². The Kier molecular flexibility index (Phi) is 11.4. The number of aliphatic imine (C=N–C) groups is 1. The average molecular weight is 638 g/mol. The normalized spacial score (nSPS) is 11.3. The molecule has 43 heavy (non-hydrogen) atoms. The van der Waals surface area contributed by atoms with E-state index in [0.29, 0.717) is 75.9 Å². The second kappa shape index (κ2) is 15.4. The van der Waals surface area contributed by atoms with Crippen LogP contribution in [0.25, 0.3) is 16.6 Å². The number of amides is 1. The van der Waals surface area contributed by atoms with Crippen molar-refractivity contribution in [3.05, 3.63) is 98.5 Å². The van der Waals surface area contributed by atoms with Crippen LogP contribution in [0.2, 0.25) is 10.0 Å². The highest BCUT2D eigenvalue weighted by atomic mass is 35.5. The van der Waals surface area contributed by atoms with Crippen molar-refractivity contribution in [2.75, 3.05) is 33.0 Å². The van der Waals surface area contributed by atoms with E-state index in [9.17, 15) is 9.59 Å². The lowest BCUT2D eigenvalue weighted by Crippen LogP contribution is -2.36. The Bertz CT molecular complexity index is 1720. The van der Waals surface area contributed by atoms with Crippen molar-refractivity contribution < 1.29 is 9.53 Å². The number of hydrogen-bond donors (Lipinski definition) is 1. The molecule has 1 heterocycles. The predicted octanol–water partition coefficient (Wildman–Crippen LogP) is 5.49. The van der Waals surface area contributed by atoms with Crippen LogP contribution in [0.5, 0.6) is 5.75 Å². The van der Waals surface area contributed by atoms with Crippen LogP contribution in [0.4, 0.5) is 0 Å². The van der Waals surface area contributed by atoms with Crippen molar-refractivity contribution in [1.29, 1.82) is 5.26 Å². The van der Waals surface area contributed by atoms with Crippen molar-refractivity contribution in [2.45, 2.75) is 19.3 Å². The molecule has 9 nitrogen and oxygen atoms in total. The summed E-state index contributed by atoms with van der Waals surface area (Å²) in [5.41, 5.74) is 1.79. The maximum atomic E-state index is 13.7. The predicted molar refractivity (Wildman–Crippen MR) is 174 cm³/mol. The van der Waals surface area contributed by atoms with E-state index >= 15 is 0 Å². The summed E-state index contributed by atoms with van der Waals surface area (Å²) < 4.78 is 6.88. The summed E-state index contributed by atoms with van der Waals surface area (Å²) in [6, 6.07) is 19.6. The van der Waals surface area contributed by atoms with E-state index in [1.807, 2.05) is 42.8 Å². The Balaban J connectivity index is 1.63. The molecule has 0 aliphatic carbocycles. The third kappa shape index (κ3) is 8.29. The standard InChI is InChI=1S/C31H30Cl2N6O3S/c1-42-23-11-9-22(10-12-23)39-28(37-27-7-4-3-6-24(27)30(39)41)14-17-38(16-5-15-35-31(43-2)36-20-34)29(40)19-21-8-13-25(32)26(33)18-21/h3-4,6-13,18H,5,14-17,19H2,1-2H3,(H,35,36). The quantitative estimate of drug-likeness (QED) is 0.0761. The first kappa shape index (κ1) is 31.9. The van der Waals surface area contributed by atoms with Gasteiger partial charge in [0.25, 0.3) is 5.56 Å². The van der Waals surface area contributed by atoms with Crippen LogP contribution in [-0.2, 0) is 17.6 Å². The first-order chi connectivity index (χ1) is 20.8. The third-order valence-corrected chi connectivity index (χ3v) is 8.03. The van der Waals surface area contributed by atoms with E-state index in [4.69, 9.17) is 38.2 Å². The smallest absolute Gasteiger partial charge is 0.265 e. The summed E-state index contributed by atoms with van der Waals surface area (Å²) in [5, 5.41) is 13.3. The van der Waals surface area contributed by atoms with Crippen LogP contribution in [-0.4, -0.2) is 58.5 Å². The second-order valence-electron chi connectivity index (χ2n) is 9.42. The molecule has 0 aliphatic heterocycles. The third-order valence-electron chi connectivity index (χ3n) is 6.67. The van der Waals surface area contributed by atoms with Crippen LogP contribution in [0, 0.1) is 11.5 Å². The average Bonchev–Trinajstić information content (AvgIpc) is 3.02. The number of aromatic nitrogens is 2.